The predicted molar refractivity (Wildman–Crippen MR) is 110 cm³/mol. The maximum Gasteiger partial charge on any atom is 0.274 e. The van der Waals surface area contributed by atoms with Gasteiger partial charge in [-0.25, -0.2) is 9.67 Å². The molecule has 0 unspecified atom stereocenters. The van der Waals surface area contributed by atoms with Gasteiger partial charge in [-0.2, -0.15) is 5.10 Å². The van der Waals surface area contributed by atoms with Crippen molar-refractivity contribution < 1.29 is 9.53 Å². The van der Waals surface area contributed by atoms with Gasteiger partial charge in [0.15, 0.2) is 12.4 Å². The van der Waals surface area contributed by atoms with E-state index in [2.05, 4.69) is 16.1 Å². The Bertz CT molecular complexity index is 1110. The number of carbonyl (C=O) groups is 1. The summed E-state index contributed by atoms with van der Waals surface area (Å²) in [5.74, 6) is 0.627. The number of aromatic nitrogens is 4. The first-order valence-corrected chi connectivity index (χ1v) is 9.40. The fourth-order valence-corrected chi connectivity index (χ4v) is 3.28. The maximum atomic E-state index is 12.7. The van der Waals surface area contributed by atoms with Gasteiger partial charge < -0.3 is 14.0 Å². The topological polar surface area (TPSA) is 64.7 Å². The van der Waals surface area contributed by atoms with E-state index in [1.54, 1.807) is 28.9 Å². The molecule has 1 amide bonds. The van der Waals surface area contributed by atoms with E-state index in [-0.39, 0.29) is 12.6 Å². The van der Waals surface area contributed by atoms with Gasteiger partial charge in [0.05, 0.1) is 12.2 Å². The highest BCUT2D eigenvalue weighted by molar-refractivity contribution is 5.91. The first-order chi connectivity index (χ1) is 14.0. The highest BCUT2D eigenvalue weighted by Crippen LogP contribution is 2.16. The van der Waals surface area contributed by atoms with E-state index < -0.39 is 0 Å². The second-order valence-corrected chi connectivity index (χ2v) is 7.20. The molecule has 0 saturated heterocycles. The Hall–Kier alpha value is -3.61. The SMILES string of the molecule is Cc1cc(C)cc(OCn2ccc(C(=O)N(C)Cc3cn4ccccc4n3)n2)c1. The van der Waals surface area contributed by atoms with Crippen molar-refractivity contribution in [2.45, 2.75) is 27.1 Å². The predicted octanol–water partition coefficient (Wildman–Crippen LogP) is 3.46. The van der Waals surface area contributed by atoms with Crippen LogP contribution in [0.25, 0.3) is 5.65 Å². The molecule has 0 aliphatic carbocycles. The second-order valence-electron chi connectivity index (χ2n) is 7.20. The van der Waals surface area contributed by atoms with Crippen LogP contribution in [-0.2, 0) is 13.3 Å². The van der Waals surface area contributed by atoms with Crippen molar-refractivity contribution in [2.75, 3.05) is 7.05 Å². The summed E-state index contributed by atoms with van der Waals surface area (Å²) in [6, 6.07) is 13.6. The van der Waals surface area contributed by atoms with Crippen LogP contribution in [0, 0.1) is 13.8 Å². The molecule has 0 spiro atoms. The van der Waals surface area contributed by atoms with E-state index in [0.717, 1.165) is 28.2 Å². The quantitative estimate of drug-likeness (QED) is 0.507. The Balaban J connectivity index is 1.39. The number of amides is 1. The molecule has 4 rings (SSSR count). The highest BCUT2D eigenvalue weighted by atomic mass is 16.5. The number of carbonyl (C=O) groups excluding carboxylic acids is 1. The summed E-state index contributed by atoms with van der Waals surface area (Å²) in [6.07, 6.45) is 5.61. The van der Waals surface area contributed by atoms with Crippen LogP contribution in [0.1, 0.15) is 27.3 Å². The lowest BCUT2D eigenvalue weighted by molar-refractivity contribution is 0.0775. The summed E-state index contributed by atoms with van der Waals surface area (Å²) >= 11 is 0. The largest absolute Gasteiger partial charge is 0.471 e. The maximum absolute atomic E-state index is 12.7. The van der Waals surface area contributed by atoms with Crippen LogP contribution in [0.15, 0.2) is 61.1 Å². The lowest BCUT2D eigenvalue weighted by atomic mass is 10.1. The molecule has 7 nitrogen and oxygen atoms in total. The smallest absolute Gasteiger partial charge is 0.274 e. The summed E-state index contributed by atoms with van der Waals surface area (Å²) in [5, 5.41) is 4.35. The third-order valence-corrected chi connectivity index (χ3v) is 4.58. The molecule has 148 valence electrons. The van der Waals surface area contributed by atoms with Gasteiger partial charge in [-0.05, 0) is 55.3 Å². The van der Waals surface area contributed by atoms with Crippen molar-refractivity contribution in [1.82, 2.24) is 24.1 Å². The van der Waals surface area contributed by atoms with Crippen LogP contribution >= 0.6 is 0 Å². The van der Waals surface area contributed by atoms with Crippen molar-refractivity contribution in [3.63, 3.8) is 0 Å². The van der Waals surface area contributed by atoms with Gasteiger partial charge >= 0.3 is 0 Å². The van der Waals surface area contributed by atoms with Gasteiger partial charge in [0.25, 0.3) is 5.91 Å². The van der Waals surface area contributed by atoms with Crippen LogP contribution in [0.3, 0.4) is 0 Å². The number of imidazole rings is 1. The molecule has 0 fully saturated rings. The molecule has 0 radical (unpaired) electrons. The Morgan fingerprint density at radius 2 is 1.90 bits per heavy atom. The number of hydrogen-bond donors (Lipinski definition) is 0. The molecule has 0 atom stereocenters. The lowest BCUT2D eigenvalue weighted by Crippen LogP contribution is -2.27. The summed E-state index contributed by atoms with van der Waals surface area (Å²) in [7, 11) is 1.75. The Morgan fingerprint density at radius 1 is 1.10 bits per heavy atom. The third kappa shape index (κ3) is 4.29. The van der Waals surface area contributed by atoms with Gasteiger partial charge in [-0.1, -0.05) is 12.1 Å². The van der Waals surface area contributed by atoms with Crippen LogP contribution < -0.4 is 4.74 Å². The molecule has 3 aromatic heterocycles. The van der Waals surface area contributed by atoms with E-state index in [4.69, 9.17) is 4.74 Å². The van der Waals surface area contributed by atoms with Crippen LogP contribution in [-0.4, -0.2) is 37.0 Å². The third-order valence-electron chi connectivity index (χ3n) is 4.58. The average molecular weight is 389 g/mol. The van der Waals surface area contributed by atoms with E-state index >= 15 is 0 Å². The first kappa shape index (κ1) is 18.7. The highest BCUT2D eigenvalue weighted by Gasteiger charge is 2.16. The molecule has 0 aliphatic rings. The molecule has 4 aromatic rings. The molecular formula is C22H23N5O2. The molecule has 0 N–H and O–H groups in total. The van der Waals surface area contributed by atoms with Crippen LogP contribution in [0.2, 0.25) is 0 Å². The van der Waals surface area contributed by atoms with Crippen molar-refractivity contribution >= 4 is 11.6 Å². The minimum Gasteiger partial charge on any atom is -0.471 e. The van der Waals surface area contributed by atoms with Crippen molar-refractivity contribution in [3.05, 3.63) is 83.6 Å². The first-order valence-electron chi connectivity index (χ1n) is 9.40. The molecule has 0 bridgehead atoms. The van der Waals surface area contributed by atoms with E-state index in [1.165, 1.54) is 0 Å². The summed E-state index contributed by atoms with van der Waals surface area (Å²) in [4.78, 5) is 18.9. The van der Waals surface area contributed by atoms with Gasteiger partial charge in [0.2, 0.25) is 0 Å². The molecule has 29 heavy (non-hydrogen) atoms. The molecular weight excluding hydrogens is 366 g/mol. The van der Waals surface area contributed by atoms with E-state index in [0.29, 0.717) is 12.2 Å². The number of nitrogens with zero attached hydrogens (tertiary/aromatic N) is 5. The summed E-state index contributed by atoms with van der Waals surface area (Å²) < 4.78 is 9.35. The van der Waals surface area contributed by atoms with Crippen molar-refractivity contribution in [1.29, 1.82) is 0 Å². The Morgan fingerprint density at radius 3 is 2.66 bits per heavy atom. The van der Waals surface area contributed by atoms with Gasteiger partial charge in [-0.3, -0.25) is 4.79 Å². The van der Waals surface area contributed by atoms with E-state index in [1.807, 2.05) is 61.0 Å². The number of fused-ring (bicyclic) bond motifs is 1. The number of aryl methyl sites for hydroxylation is 2. The number of benzene rings is 1. The second kappa shape index (κ2) is 7.79. The number of ether oxygens (including phenoxy) is 1. The molecule has 3 heterocycles. The minimum absolute atomic E-state index is 0.160. The zero-order valence-corrected chi connectivity index (χ0v) is 16.7. The van der Waals surface area contributed by atoms with Crippen LogP contribution in [0.5, 0.6) is 5.75 Å². The Labute approximate surface area is 169 Å². The number of pyridine rings is 1. The van der Waals surface area contributed by atoms with E-state index in [9.17, 15) is 4.79 Å². The molecule has 0 aliphatic heterocycles. The minimum atomic E-state index is -0.160. The lowest BCUT2D eigenvalue weighted by Gasteiger charge is -2.14. The summed E-state index contributed by atoms with van der Waals surface area (Å²) in [6.45, 7) is 4.71. The fourth-order valence-electron chi connectivity index (χ4n) is 3.28. The fraction of sp³-hybridized carbons (Fsp3) is 0.227. The zero-order chi connectivity index (χ0) is 20.4. The Kier molecular flexibility index (Phi) is 5.03. The van der Waals surface area contributed by atoms with Crippen LogP contribution in [0.4, 0.5) is 0 Å². The monoisotopic (exact) mass is 389 g/mol. The molecule has 7 heteroatoms. The molecule has 1 aromatic carbocycles. The number of rotatable bonds is 6. The van der Waals surface area contributed by atoms with Gasteiger partial charge in [0.1, 0.15) is 11.4 Å². The summed E-state index contributed by atoms with van der Waals surface area (Å²) in [5.41, 5.74) is 4.34. The van der Waals surface area contributed by atoms with Crippen molar-refractivity contribution in [2.24, 2.45) is 0 Å². The average Bonchev–Trinajstić information content (AvgIpc) is 3.31. The standard InChI is InChI=1S/C22H23N5O2/c1-16-10-17(2)12-19(11-16)29-15-27-9-7-20(24-27)22(28)25(3)13-18-14-26-8-5-4-6-21(26)23-18/h4-12,14H,13,15H2,1-3H3. The number of hydrogen-bond acceptors (Lipinski definition) is 4. The van der Waals surface area contributed by atoms with Crippen molar-refractivity contribution in [3.8, 4) is 5.75 Å². The van der Waals surface area contributed by atoms with Gasteiger partial charge in [-0.15, -0.1) is 0 Å². The zero-order valence-electron chi connectivity index (χ0n) is 16.7. The normalized spacial score (nSPS) is 11.0. The van der Waals surface area contributed by atoms with Gasteiger partial charge in [0, 0.05) is 25.6 Å². The molecule has 0 saturated carbocycles.